The Hall–Kier alpha value is -1.81. The molecule has 0 aliphatic carbocycles. The highest BCUT2D eigenvalue weighted by Gasteiger charge is 2.17. The summed E-state index contributed by atoms with van der Waals surface area (Å²) in [6.07, 6.45) is 0. The van der Waals surface area contributed by atoms with Crippen LogP contribution in [0.3, 0.4) is 0 Å². The third-order valence-electron chi connectivity index (χ3n) is 3.26. The van der Waals surface area contributed by atoms with Crippen molar-refractivity contribution in [2.24, 2.45) is 0 Å². The maximum atomic E-state index is 12.7. The molecule has 0 bridgehead atoms. The summed E-state index contributed by atoms with van der Waals surface area (Å²) in [5, 5.41) is 0. The zero-order valence-corrected chi connectivity index (χ0v) is 13.2. The van der Waals surface area contributed by atoms with Gasteiger partial charge in [0.15, 0.2) is 5.78 Å². The van der Waals surface area contributed by atoms with E-state index in [1.54, 1.807) is 25.3 Å². The SMILES string of the molecule is COc1ccc(Br)cc1C(=O)c1cc(N)c(C)cc1C. The molecule has 0 saturated heterocycles. The second-order valence-corrected chi connectivity index (χ2v) is 5.61. The van der Waals surface area contributed by atoms with Crippen LogP contribution in [0.25, 0.3) is 0 Å². The second-order valence-electron chi connectivity index (χ2n) is 4.70. The van der Waals surface area contributed by atoms with E-state index in [0.717, 1.165) is 15.6 Å². The predicted octanol–water partition coefficient (Wildman–Crippen LogP) is 3.89. The molecule has 3 nitrogen and oxygen atoms in total. The number of benzene rings is 2. The summed E-state index contributed by atoms with van der Waals surface area (Å²) in [4.78, 5) is 12.7. The first-order valence-electron chi connectivity index (χ1n) is 6.19. The molecule has 0 spiro atoms. The number of methoxy groups -OCH3 is 1. The molecule has 0 amide bonds. The summed E-state index contributed by atoms with van der Waals surface area (Å²) < 4.78 is 6.10. The molecule has 104 valence electrons. The molecule has 0 unspecified atom stereocenters. The lowest BCUT2D eigenvalue weighted by molar-refractivity contribution is 0.103. The van der Waals surface area contributed by atoms with Crippen molar-refractivity contribution in [2.45, 2.75) is 13.8 Å². The van der Waals surface area contributed by atoms with Crippen molar-refractivity contribution in [1.29, 1.82) is 0 Å². The number of ether oxygens (including phenoxy) is 1. The molecule has 0 aliphatic heterocycles. The molecule has 4 heteroatoms. The van der Waals surface area contributed by atoms with E-state index >= 15 is 0 Å². The molecule has 0 aromatic heterocycles. The van der Waals surface area contributed by atoms with Crippen molar-refractivity contribution in [2.75, 3.05) is 12.8 Å². The van der Waals surface area contributed by atoms with Gasteiger partial charge in [-0.25, -0.2) is 0 Å². The molecular formula is C16H16BrNO2. The molecule has 0 radical (unpaired) electrons. The maximum Gasteiger partial charge on any atom is 0.197 e. The summed E-state index contributed by atoms with van der Waals surface area (Å²) in [5.74, 6) is 0.462. The number of nitrogen functional groups attached to an aromatic ring is 1. The first kappa shape index (κ1) is 14.6. The van der Waals surface area contributed by atoms with Crippen molar-refractivity contribution in [1.82, 2.24) is 0 Å². The number of carbonyl (C=O) groups is 1. The van der Waals surface area contributed by atoms with E-state index in [0.29, 0.717) is 22.6 Å². The van der Waals surface area contributed by atoms with Crippen molar-refractivity contribution >= 4 is 27.4 Å². The summed E-state index contributed by atoms with van der Waals surface area (Å²) in [7, 11) is 1.55. The van der Waals surface area contributed by atoms with Gasteiger partial charge in [-0.3, -0.25) is 4.79 Å². The van der Waals surface area contributed by atoms with E-state index in [1.165, 1.54) is 0 Å². The molecule has 0 saturated carbocycles. The monoisotopic (exact) mass is 333 g/mol. The van der Waals surface area contributed by atoms with E-state index in [1.807, 2.05) is 26.0 Å². The van der Waals surface area contributed by atoms with Crippen LogP contribution in [0, 0.1) is 13.8 Å². The summed E-state index contributed by atoms with van der Waals surface area (Å²) >= 11 is 3.38. The third-order valence-corrected chi connectivity index (χ3v) is 3.76. The van der Waals surface area contributed by atoms with Gasteiger partial charge in [0.2, 0.25) is 0 Å². The Morgan fingerprint density at radius 3 is 2.45 bits per heavy atom. The number of nitrogens with two attached hydrogens (primary N) is 1. The predicted molar refractivity (Wildman–Crippen MR) is 84.5 cm³/mol. The Morgan fingerprint density at radius 2 is 1.80 bits per heavy atom. The van der Waals surface area contributed by atoms with Gasteiger partial charge < -0.3 is 10.5 Å². The Morgan fingerprint density at radius 1 is 1.10 bits per heavy atom. The lowest BCUT2D eigenvalue weighted by Gasteiger charge is -2.12. The molecule has 2 rings (SSSR count). The van der Waals surface area contributed by atoms with Gasteiger partial charge in [0.05, 0.1) is 12.7 Å². The fourth-order valence-corrected chi connectivity index (χ4v) is 2.48. The number of ketones is 1. The van der Waals surface area contributed by atoms with Gasteiger partial charge in [0.25, 0.3) is 0 Å². The van der Waals surface area contributed by atoms with E-state index in [9.17, 15) is 4.79 Å². The number of hydrogen-bond donors (Lipinski definition) is 1. The molecule has 2 aromatic rings. The number of anilines is 1. The first-order valence-corrected chi connectivity index (χ1v) is 6.98. The average molecular weight is 334 g/mol. The van der Waals surface area contributed by atoms with Crippen LogP contribution in [-0.4, -0.2) is 12.9 Å². The van der Waals surface area contributed by atoms with Crippen molar-refractivity contribution in [3.8, 4) is 5.75 Å². The Labute approximate surface area is 126 Å². The number of rotatable bonds is 3. The molecule has 2 aromatic carbocycles. The number of carbonyl (C=O) groups excluding carboxylic acids is 1. The zero-order chi connectivity index (χ0) is 14.9. The Balaban J connectivity index is 2.57. The highest BCUT2D eigenvalue weighted by molar-refractivity contribution is 9.10. The van der Waals surface area contributed by atoms with Crippen molar-refractivity contribution < 1.29 is 9.53 Å². The molecule has 0 fully saturated rings. The highest BCUT2D eigenvalue weighted by atomic mass is 79.9. The van der Waals surface area contributed by atoms with Crippen molar-refractivity contribution in [3.63, 3.8) is 0 Å². The minimum atomic E-state index is -0.0904. The molecule has 20 heavy (non-hydrogen) atoms. The standard InChI is InChI=1S/C16H16BrNO2/c1-9-6-10(2)14(18)8-12(9)16(19)13-7-11(17)4-5-15(13)20-3/h4-8H,18H2,1-3H3. The topological polar surface area (TPSA) is 52.3 Å². The molecule has 0 atom stereocenters. The van der Waals surface area contributed by atoms with Crippen LogP contribution in [0.5, 0.6) is 5.75 Å². The van der Waals surface area contributed by atoms with Crippen LogP contribution in [0.4, 0.5) is 5.69 Å². The van der Waals surface area contributed by atoms with Crippen LogP contribution in [-0.2, 0) is 0 Å². The minimum Gasteiger partial charge on any atom is -0.496 e. The highest BCUT2D eigenvalue weighted by Crippen LogP contribution is 2.28. The van der Waals surface area contributed by atoms with Crippen LogP contribution < -0.4 is 10.5 Å². The maximum absolute atomic E-state index is 12.7. The van der Waals surface area contributed by atoms with E-state index < -0.39 is 0 Å². The van der Waals surface area contributed by atoms with Gasteiger partial charge in [0.1, 0.15) is 5.75 Å². The summed E-state index contributed by atoms with van der Waals surface area (Å²) in [6, 6.07) is 9.02. The number of aryl methyl sites for hydroxylation is 2. The van der Waals surface area contributed by atoms with Gasteiger partial charge in [-0.1, -0.05) is 22.0 Å². The average Bonchev–Trinajstić information content (AvgIpc) is 2.42. The van der Waals surface area contributed by atoms with Gasteiger partial charge in [-0.2, -0.15) is 0 Å². The van der Waals surface area contributed by atoms with E-state index in [2.05, 4.69) is 15.9 Å². The van der Waals surface area contributed by atoms with Gasteiger partial charge >= 0.3 is 0 Å². The molecular weight excluding hydrogens is 318 g/mol. The van der Waals surface area contributed by atoms with E-state index in [4.69, 9.17) is 10.5 Å². The largest absolute Gasteiger partial charge is 0.496 e. The molecule has 2 N–H and O–H groups in total. The normalized spacial score (nSPS) is 10.4. The second kappa shape index (κ2) is 5.67. The summed E-state index contributed by atoms with van der Waals surface area (Å²) in [5.41, 5.74) is 9.53. The minimum absolute atomic E-state index is 0.0904. The fraction of sp³-hybridized carbons (Fsp3) is 0.188. The van der Waals surface area contributed by atoms with Gasteiger partial charge in [-0.05, 0) is 49.2 Å². The quantitative estimate of drug-likeness (QED) is 0.684. The third kappa shape index (κ3) is 2.70. The summed E-state index contributed by atoms with van der Waals surface area (Å²) in [6.45, 7) is 3.83. The smallest absolute Gasteiger partial charge is 0.197 e. The Kier molecular flexibility index (Phi) is 4.14. The first-order chi connectivity index (χ1) is 9.43. The van der Waals surface area contributed by atoms with Crippen LogP contribution in [0.2, 0.25) is 0 Å². The lowest BCUT2D eigenvalue weighted by atomic mass is 9.96. The van der Waals surface area contributed by atoms with Crippen molar-refractivity contribution in [3.05, 3.63) is 57.1 Å². The van der Waals surface area contributed by atoms with Crippen LogP contribution >= 0.6 is 15.9 Å². The lowest BCUT2D eigenvalue weighted by Crippen LogP contribution is -2.07. The van der Waals surface area contributed by atoms with Gasteiger partial charge in [0, 0.05) is 15.7 Å². The van der Waals surface area contributed by atoms with E-state index in [-0.39, 0.29) is 5.78 Å². The Bertz CT molecular complexity index is 680. The molecule has 0 aliphatic rings. The van der Waals surface area contributed by atoms with Gasteiger partial charge in [-0.15, -0.1) is 0 Å². The number of hydrogen-bond acceptors (Lipinski definition) is 3. The zero-order valence-electron chi connectivity index (χ0n) is 11.7. The van der Waals surface area contributed by atoms with Crippen LogP contribution in [0.1, 0.15) is 27.0 Å². The van der Waals surface area contributed by atoms with Crippen LogP contribution in [0.15, 0.2) is 34.8 Å². The molecule has 0 heterocycles. The number of halogens is 1. The fourth-order valence-electron chi connectivity index (χ4n) is 2.12.